The van der Waals surface area contributed by atoms with Crippen molar-refractivity contribution in [3.05, 3.63) is 12.7 Å². The van der Waals surface area contributed by atoms with E-state index in [4.69, 9.17) is 11.6 Å². The molecule has 0 aliphatic carbocycles. The zero-order valence-corrected chi connectivity index (χ0v) is 11.6. The van der Waals surface area contributed by atoms with Crippen molar-refractivity contribution in [1.82, 2.24) is 0 Å². The molecule has 2 atom stereocenters. The van der Waals surface area contributed by atoms with Gasteiger partial charge in [0.05, 0.1) is 6.10 Å². The molecule has 0 amide bonds. The average Bonchev–Trinajstić information content (AvgIpc) is 2.32. The van der Waals surface area contributed by atoms with Gasteiger partial charge in [-0.1, -0.05) is 58.4 Å². The Morgan fingerprint density at radius 3 is 2.31 bits per heavy atom. The Balaban J connectivity index is 3.64. The standard InChI is InChI=1S/C14H27ClO/c1-4-6-7-8-9-10-11-13(16)14(3,5-2)12-15/h5,13,16H,2,4,6-12H2,1,3H3. The van der Waals surface area contributed by atoms with Gasteiger partial charge >= 0.3 is 0 Å². The van der Waals surface area contributed by atoms with Crippen LogP contribution in [0.15, 0.2) is 12.7 Å². The molecule has 0 saturated heterocycles. The lowest BCUT2D eigenvalue weighted by Crippen LogP contribution is -2.31. The van der Waals surface area contributed by atoms with Crippen LogP contribution in [0.2, 0.25) is 0 Å². The van der Waals surface area contributed by atoms with E-state index in [2.05, 4.69) is 13.5 Å². The van der Waals surface area contributed by atoms with Crippen molar-refractivity contribution in [2.75, 3.05) is 5.88 Å². The van der Waals surface area contributed by atoms with Gasteiger partial charge in [-0.15, -0.1) is 18.2 Å². The van der Waals surface area contributed by atoms with Gasteiger partial charge in [-0.3, -0.25) is 0 Å². The van der Waals surface area contributed by atoms with Crippen LogP contribution in [0.4, 0.5) is 0 Å². The van der Waals surface area contributed by atoms with Crippen molar-refractivity contribution in [2.24, 2.45) is 5.41 Å². The molecular weight excluding hydrogens is 220 g/mol. The quantitative estimate of drug-likeness (QED) is 0.341. The second kappa shape index (κ2) is 9.07. The van der Waals surface area contributed by atoms with E-state index in [1.165, 1.54) is 32.1 Å². The minimum absolute atomic E-state index is 0.328. The molecule has 0 saturated carbocycles. The first kappa shape index (κ1) is 16.0. The Bertz CT molecular complexity index is 182. The zero-order chi connectivity index (χ0) is 12.4. The lowest BCUT2D eigenvalue weighted by molar-refractivity contribution is 0.0736. The third-order valence-corrected chi connectivity index (χ3v) is 3.92. The van der Waals surface area contributed by atoms with Crippen molar-refractivity contribution in [1.29, 1.82) is 0 Å². The molecule has 0 heterocycles. The summed E-state index contributed by atoms with van der Waals surface area (Å²) >= 11 is 5.85. The summed E-state index contributed by atoms with van der Waals surface area (Å²) in [5, 5.41) is 10.0. The lowest BCUT2D eigenvalue weighted by atomic mass is 9.84. The Hall–Kier alpha value is -0.0100. The molecule has 2 heteroatoms. The maximum atomic E-state index is 10.0. The molecule has 0 aliphatic heterocycles. The Morgan fingerprint density at radius 1 is 1.25 bits per heavy atom. The predicted molar refractivity (Wildman–Crippen MR) is 73.0 cm³/mol. The van der Waals surface area contributed by atoms with E-state index in [1.54, 1.807) is 6.08 Å². The number of aliphatic hydroxyl groups is 1. The van der Waals surface area contributed by atoms with E-state index in [0.717, 1.165) is 12.8 Å². The molecule has 0 spiro atoms. The molecule has 0 aromatic carbocycles. The van der Waals surface area contributed by atoms with Crippen molar-refractivity contribution >= 4 is 11.6 Å². The normalized spacial score (nSPS) is 16.8. The van der Waals surface area contributed by atoms with Crippen molar-refractivity contribution in [3.8, 4) is 0 Å². The number of aliphatic hydroxyl groups excluding tert-OH is 1. The van der Waals surface area contributed by atoms with Crippen LogP contribution in [-0.4, -0.2) is 17.1 Å². The van der Waals surface area contributed by atoms with Gasteiger partial charge in [0.2, 0.25) is 0 Å². The first-order valence-electron chi connectivity index (χ1n) is 6.48. The molecule has 0 aromatic rings. The van der Waals surface area contributed by atoms with Crippen LogP contribution in [0.25, 0.3) is 0 Å². The Kier molecular flexibility index (Phi) is 9.06. The second-order valence-corrected chi connectivity index (χ2v) is 5.18. The van der Waals surface area contributed by atoms with Crippen LogP contribution >= 0.6 is 11.6 Å². The molecule has 1 N–H and O–H groups in total. The van der Waals surface area contributed by atoms with Crippen LogP contribution < -0.4 is 0 Å². The number of rotatable bonds is 10. The number of unbranched alkanes of at least 4 members (excludes halogenated alkanes) is 5. The minimum Gasteiger partial charge on any atom is -0.392 e. The molecule has 1 nitrogen and oxygen atoms in total. The largest absolute Gasteiger partial charge is 0.392 e. The fourth-order valence-corrected chi connectivity index (χ4v) is 2.01. The first-order chi connectivity index (χ1) is 7.60. The molecule has 2 unspecified atom stereocenters. The number of hydrogen-bond acceptors (Lipinski definition) is 1. The number of hydrogen-bond donors (Lipinski definition) is 1. The highest BCUT2D eigenvalue weighted by Crippen LogP contribution is 2.28. The summed E-state index contributed by atoms with van der Waals surface area (Å²) in [5.74, 6) is 0.438. The van der Waals surface area contributed by atoms with E-state index in [0.29, 0.717) is 5.88 Å². The van der Waals surface area contributed by atoms with Crippen molar-refractivity contribution in [3.63, 3.8) is 0 Å². The monoisotopic (exact) mass is 246 g/mol. The Morgan fingerprint density at radius 2 is 1.81 bits per heavy atom. The molecule has 0 bridgehead atoms. The van der Waals surface area contributed by atoms with Gasteiger partial charge in [-0.25, -0.2) is 0 Å². The maximum absolute atomic E-state index is 10.0. The predicted octanol–water partition coefficient (Wildman–Crippen LogP) is 4.53. The van der Waals surface area contributed by atoms with Gasteiger partial charge in [0.15, 0.2) is 0 Å². The van der Waals surface area contributed by atoms with Crippen molar-refractivity contribution < 1.29 is 5.11 Å². The van der Waals surface area contributed by atoms with E-state index in [-0.39, 0.29) is 11.5 Å². The van der Waals surface area contributed by atoms with E-state index >= 15 is 0 Å². The van der Waals surface area contributed by atoms with Gasteiger partial charge in [-0.2, -0.15) is 0 Å². The van der Waals surface area contributed by atoms with Crippen LogP contribution in [0.5, 0.6) is 0 Å². The molecule has 16 heavy (non-hydrogen) atoms. The highest BCUT2D eigenvalue weighted by Gasteiger charge is 2.28. The van der Waals surface area contributed by atoms with Gasteiger partial charge in [0.1, 0.15) is 0 Å². The SMILES string of the molecule is C=CC(C)(CCl)C(O)CCCCCCCC. The van der Waals surface area contributed by atoms with E-state index in [1.807, 2.05) is 6.92 Å². The van der Waals surface area contributed by atoms with Crippen LogP contribution in [-0.2, 0) is 0 Å². The summed E-state index contributed by atoms with van der Waals surface area (Å²) in [4.78, 5) is 0. The van der Waals surface area contributed by atoms with Gasteiger partial charge in [0, 0.05) is 11.3 Å². The average molecular weight is 247 g/mol. The van der Waals surface area contributed by atoms with E-state index in [9.17, 15) is 5.11 Å². The molecule has 0 rings (SSSR count). The zero-order valence-electron chi connectivity index (χ0n) is 10.8. The fraction of sp³-hybridized carbons (Fsp3) is 0.857. The summed E-state index contributed by atoms with van der Waals surface area (Å²) in [7, 11) is 0. The highest BCUT2D eigenvalue weighted by atomic mass is 35.5. The Labute approximate surface area is 106 Å². The second-order valence-electron chi connectivity index (χ2n) is 4.92. The summed E-state index contributed by atoms with van der Waals surface area (Å²) in [6.07, 6.45) is 9.78. The van der Waals surface area contributed by atoms with Gasteiger partial charge in [-0.05, 0) is 6.42 Å². The van der Waals surface area contributed by atoms with E-state index < -0.39 is 0 Å². The number of halogens is 1. The molecule has 96 valence electrons. The van der Waals surface area contributed by atoms with Crippen LogP contribution in [0.1, 0.15) is 58.8 Å². The van der Waals surface area contributed by atoms with Crippen LogP contribution in [0.3, 0.4) is 0 Å². The third kappa shape index (κ3) is 5.91. The molecular formula is C14H27ClO. The third-order valence-electron chi connectivity index (χ3n) is 3.35. The first-order valence-corrected chi connectivity index (χ1v) is 7.01. The highest BCUT2D eigenvalue weighted by molar-refractivity contribution is 6.18. The summed E-state index contributed by atoms with van der Waals surface area (Å²) in [6.45, 7) is 7.94. The lowest BCUT2D eigenvalue weighted by Gasteiger charge is -2.29. The summed E-state index contributed by atoms with van der Waals surface area (Å²) < 4.78 is 0. The van der Waals surface area contributed by atoms with Crippen molar-refractivity contribution in [2.45, 2.75) is 64.9 Å². The van der Waals surface area contributed by atoms with Gasteiger partial charge < -0.3 is 5.11 Å². The maximum Gasteiger partial charge on any atom is 0.0639 e. The number of alkyl halides is 1. The molecule has 0 fully saturated rings. The van der Waals surface area contributed by atoms with Gasteiger partial charge in [0.25, 0.3) is 0 Å². The molecule has 0 aliphatic rings. The summed E-state index contributed by atoms with van der Waals surface area (Å²) in [6, 6.07) is 0. The fourth-order valence-electron chi connectivity index (χ4n) is 1.73. The molecule has 0 aromatic heterocycles. The van der Waals surface area contributed by atoms with Crippen LogP contribution in [0, 0.1) is 5.41 Å². The smallest absolute Gasteiger partial charge is 0.0639 e. The topological polar surface area (TPSA) is 20.2 Å². The minimum atomic E-state index is -0.353. The molecule has 0 radical (unpaired) electrons. The summed E-state index contributed by atoms with van der Waals surface area (Å²) in [5.41, 5.74) is -0.328.